The van der Waals surface area contributed by atoms with Crippen molar-refractivity contribution >= 4 is 0 Å². The molecular weight excluding hydrogens is 292 g/mol. The van der Waals surface area contributed by atoms with Gasteiger partial charge in [0.25, 0.3) is 0 Å². The average Bonchev–Trinajstić information content (AvgIpc) is 3.41. The van der Waals surface area contributed by atoms with Crippen LogP contribution in [0.4, 0.5) is 0 Å². The van der Waals surface area contributed by atoms with Crippen molar-refractivity contribution in [3.63, 3.8) is 0 Å². The molecule has 1 heterocycles. The van der Waals surface area contributed by atoms with Crippen LogP contribution in [0.15, 0.2) is 0 Å². The summed E-state index contributed by atoms with van der Waals surface area (Å²) in [5, 5.41) is 0. The van der Waals surface area contributed by atoms with E-state index in [9.17, 15) is 0 Å². The van der Waals surface area contributed by atoms with Crippen LogP contribution in [0.3, 0.4) is 0 Å². The Morgan fingerprint density at radius 3 is 1.08 bits per heavy atom. The molecule has 24 heavy (non-hydrogen) atoms. The second-order valence-corrected chi connectivity index (χ2v) is 8.11. The summed E-state index contributed by atoms with van der Waals surface area (Å²) in [6.07, 6.45) is 29.7. The molecule has 1 aliphatic rings. The van der Waals surface area contributed by atoms with Gasteiger partial charge in [-0.3, -0.25) is 0 Å². The lowest BCUT2D eigenvalue weighted by atomic mass is 10.0. The molecule has 0 saturated carbocycles. The van der Waals surface area contributed by atoms with Crippen LogP contribution in [-0.4, -0.2) is 12.7 Å². The van der Waals surface area contributed by atoms with E-state index >= 15 is 0 Å². The van der Waals surface area contributed by atoms with Crippen LogP contribution in [0.2, 0.25) is 0 Å². The summed E-state index contributed by atoms with van der Waals surface area (Å²) >= 11 is 0. The van der Waals surface area contributed by atoms with E-state index in [1.807, 2.05) is 0 Å². The molecule has 1 unspecified atom stereocenters. The van der Waals surface area contributed by atoms with E-state index in [2.05, 4.69) is 6.92 Å². The third-order valence-corrected chi connectivity index (χ3v) is 5.53. The van der Waals surface area contributed by atoms with Gasteiger partial charge in [-0.05, 0) is 6.42 Å². The van der Waals surface area contributed by atoms with Crippen LogP contribution in [0.5, 0.6) is 0 Å². The molecule has 0 N–H and O–H groups in total. The predicted octanol–water partition coefficient (Wildman–Crippen LogP) is 8.21. The van der Waals surface area contributed by atoms with Gasteiger partial charge in [-0.2, -0.15) is 0 Å². The lowest BCUT2D eigenvalue weighted by molar-refractivity contribution is 0.387. The first-order valence-corrected chi connectivity index (χ1v) is 11.5. The molecule has 1 atom stereocenters. The molecule has 0 aliphatic carbocycles. The minimum Gasteiger partial charge on any atom is -0.373 e. The summed E-state index contributed by atoms with van der Waals surface area (Å²) in [4.78, 5) is 0. The van der Waals surface area contributed by atoms with Gasteiger partial charge in [0, 0.05) is 0 Å². The highest BCUT2D eigenvalue weighted by atomic mass is 16.6. The molecule has 0 aromatic carbocycles. The van der Waals surface area contributed by atoms with Crippen LogP contribution in [0, 0.1) is 0 Å². The molecule has 0 aromatic rings. The van der Waals surface area contributed by atoms with Gasteiger partial charge < -0.3 is 4.74 Å². The molecular formula is C23H46O. The van der Waals surface area contributed by atoms with E-state index in [1.54, 1.807) is 0 Å². The van der Waals surface area contributed by atoms with E-state index < -0.39 is 0 Å². The Bertz CT molecular complexity index is 234. The van der Waals surface area contributed by atoms with Crippen molar-refractivity contribution in [1.82, 2.24) is 0 Å². The fourth-order valence-electron chi connectivity index (χ4n) is 3.69. The van der Waals surface area contributed by atoms with Gasteiger partial charge in [-0.1, -0.05) is 129 Å². The third-order valence-electron chi connectivity index (χ3n) is 5.53. The highest BCUT2D eigenvalue weighted by Crippen LogP contribution is 2.18. The lowest BCUT2D eigenvalue weighted by Gasteiger charge is -2.04. The molecule has 0 aromatic heterocycles. The largest absolute Gasteiger partial charge is 0.373 e. The predicted molar refractivity (Wildman–Crippen MR) is 108 cm³/mol. The van der Waals surface area contributed by atoms with Gasteiger partial charge in [0.2, 0.25) is 0 Å². The Morgan fingerprint density at radius 1 is 0.500 bits per heavy atom. The van der Waals surface area contributed by atoms with Gasteiger partial charge in [-0.15, -0.1) is 0 Å². The van der Waals surface area contributed by atoms with Crippen LogP contribution in [0.1, 0.15) is 135 Å². The lowest BCUT2D eigenvalue weighted by Crippen LogP contribution is -1.86. The fraction of sp³-hybridized carbons (Fsp3) is 1.00. The van der Waals surface area contributed by atoms with Gasteiger partial charge in [0.05, 0.1) is 12.7 Å². The highest BCUT2D eigenvalue weighted by Gasteiger charge is 2.20. The number of ether oxygens (including phenoxy) is 1. The first-order chi connectivity index (χ1) is 11.9. The Hall–Kier alpha value is -0.0400. The van der Waals surface area contributed by atoms with E-state index in [0.29, 0.717) is 6.10 Å². The quantitative estimate of drug-likeness (QED) is 0.161. The Balaban J connectivity index is 1.59. The van der Waals surface area contributed by atoms with E-state index in [1.165, 1.54) is 128 Å². The van der Waals surface area contributed by atoms with E-state index in [-0.39, 0.29) is 0 Å². The fourth-order valence-corrected chi connectivity index (χ4v) is 3.69. The molecule has 1 rings (SSSR count). The van der Waals surface area contributed by atoms with Crippen molar-refractivity contribution in [1.29, 1.82) is 0 Å². The number of hydrogen-bond donors (Lipinski definition) is 0. The van der Waals surface area contributed by atoms with Crippen molar-refractivity contribution < 1.29 is 4.74 Å². The molecule has 1 fully saturated rings. The molecule has 0 spiro atoms. The first-order valence-electron chi connectivity index (χ1n) is 11.5. The summed E-state index contributed by atoms with van der Waals surface area (Å²) in [7, 11) is 0. The highest BCUT2D eigenvalue weighted by molar-refractivity contribution is 4.68. The van der Waals surface area contributed by atoms with Crippen molar-refractivity contribution in [3.05, 3.63) is 0 Å². The van der Waals surface area contributed by atoms with Crippen LogP contribution in [-0.2, 0) is 4.74 Å². The van der Waals surface area contributed by atoms with Crippen molar-refractivity contribution in [2.75, 3.05) is 6.61 Å². The van der Waals surface area contributed by atoms with Gasteiger partial charge in [0.15, 0.2) is 0 Å². The smallest absolute Gasteiger partial charge is 0.0810 e. The summed E-state index contributed by atoms with van der Waals surface area (Å²) in [5.74, 6) is 0. The number of rotatable bonds is 20. The number of epoxide rings is 1. The van der Waals surface area contributed by atoms with Gasteiger partial charge in [-0.25, -0.2) is 0 Å². The SMILES string of the molecule is CCCCCCCCCCCCCCCCCCCCCC1CO1. The summed E-state index contributed by atoms with van der Waals surface area (Å²) in [6, 6.07) is 0. The van der Waals surface area contributed by atoms with E-state index in [4.69, 9.17) is 4.74 Å². The zero-order chi connectivity index (χ0) is 17.1. The summed E-state index contributed by atoms with van der Waals surface area (Å²) in [6.45, 7) is 3.34. The minimum absolute atomic E-state index is 0.649. The summed E-state index contributed by atoms with van der Waals surface area (Å²) in [5.41, 5.74) is 0. The molecule has 0 amide bonds. The zero-order valence-corrected chi connectivity index (χ0v) is 16.8. The standard InChI is InChI=1S/C23H46O/c1-2-3-4-5-6-7-8-9-10-11-12-13-14-15-16-17-18-19-20-21-23-22-24-23/h23H,2-22H2,1H3. The maximum atomic E-state index is 5.25. The molecule has 144 valence electrons. The molecule has 1 heteroatoms. The Morgan fingerprint density at radius 2 is 0.792 bits per heavy atom. The van der Waals surface area contributed by atoms with Crippen LogP contribution >= 0.6 is 0 Å². The number of unbranched alkanes of at least 4 members (excludes halogenated alkanes) is 18. The second-order valence-electron chi connectivity index (χ2n) is 8.11. The second kappa shape index (κ2) is 17.8. The Kier molecular flexibility index (Phi) is 16.3. The minimum atomic E-state index is 0.649. The molecule has 1 nitrogen and oxygen atoms in total. The Labute approximate surface area is 153 Å². The maximum Gasteiger partial charge on any atom is 0.0810 e. The zero-order valence-electron chi connectivity index (χ0n) is 16.8. The normalized spacial score (nSPS) is 16.6. The molecule has 1 saturated heterocycles. The molecule has 1 aliphatic heterocycles. The average molecular weight is 339 g/mol. The van der Waals surface area contributed by atoms with Crippen molar-refractivity contribution in [3.8, 4) is 0 Å². The maximum absolute atomic E-state index is 5.25. The topological polar surface area (TPSA) is 12.5 Å². The van der Waals surface area contributed by atoms with E-state index in [0.717, 1.165) is 6.61 Å². The molecule has 0 radical (unpaired) electrons. The number of hydrogen-bond acceptors (Lipinski definition) is 1. The first kappa shape index (κ1) is 22.0. The van der Waals surface area contributed by atoms with Crippen molar-refractivity contribution in [2.24, 2.45) is 0 Å². The van der Waals surface area contributed by atoms with Crippen molar-refractivity contribution in [2.45, 2.75) is 141 Å². The van der Waals surface area contributed by atoms with Gasteiger partial charge in [0.1, 0.15) is 0 Å². The van der Waals surface area contributed by atoms with Crippen LogP contribution < -0.4 is 0 Å². The monoisotopic (exact) mass is 338 g/mol. The third kappa shape index (κ3) is 16.8. The summed E-state index contributed by atoms with van der Waals surface area (Å²) < 4.78 is 5.25. The van der Waals surface area contributed by atoms with Crippen LogP contribution in [0.25, 0.3) is 0 Å². The van der Waals surface area contributed by atoms with Gasteiger partial charge >= 0.3 is 0 Å². The molecule has 0 bridgehead atoms.